The Labute approximate surface area is 157 Å². The first kappa shape index (κ1) is 19.9. The minimum Gasteiger partial charge on any atom is -0.0856 e. The predicted molar refractivity (Wildman–Crippen MR) is 119 cm³/mol. The molecule has 2 aromatic rings. The molecule has 0 aliphatic rings. The van der Waals surface area contributed by atoms with Crippen LogP contribution in [-0.4, -0.2) is 16.1 Å². The van der Waals surface area contributed by atoms with Gasteiger partial charge in [-0.2, -0.15) is 0 Å². The van der Waals surface area contributed by atoms with Crippen molar-refractivity contribution in [2.24, 2.45) is 0 Å². The van der Waals surface area contributed by atoms with E-state index in [2.05, 4.69) is 99.5 Å². The molecule has 0 spiro atoms. The second kappa shape index (κ2) is 8.82. The molecule has 0 atom stereocenters. The normalized spacial score (nSPS) is 13.1. The van der Waals surface area contributed by atoms with Gasteiger partial charge < -0.3 is 0 Å². The van der Waals surface area contributed by atoms with Crippen LogP contribution in [0.2, 0.25) is 44.8 Å². The van der Waals surface area contributed by atoms with Crippen molar-refractivity contribution in [3.63, 3.8) is 0 Å². The largest absolute Gasteiger partial charge is 0.0856 e. The summed E-state index contributed by atoms with van der Waals surface area (Å²) in [5.41, 5.74) is 3.17. The van der Waals surface area contributed by atoms with Crippen molar-refractivity contribution in [2.45, 2.75) is 57.7 Å². The van der Waals surface area contributed by atoms with Crippen molar-refractivity contribution in [1.29, 1.82) is 0 Å². The average Bonchev–Trinajstić information content (AvgIpc) is 2.55. The number of hydrogen-bond donors (Lipinski definition) is 0. The van der Waals surface area contributed by atoms with Gasteiger partial charge in [0.2, 0.25) is 0 Å². The molecule has 0 aliphatic carbocycles. The van der Waals surface area contributed by atoms with E-state index in [0.29, 0.717) is 0 Å². The zero-order valence-electron chi connectivity index (χ0n) is 16.7. The van der Waals surface area contributed by atoms with Crippen LogP contribution in [0, 0.1) is 0 Å². The molecule has 0 bridgehead atoms. The van der Waals surface area contributed by atoms with Crippen molar-refractivity contribution in [3.05, 3.63) is 77.9 Å². The number of allylic oxidation sites excluding steroid dienone is 2. The number of aryl methyl sites for hydroxylation is 1. The van der Waals surface area contributed by atoms with Gasteiger partial charge in [-0.05, 0) is 30.5 Å². The van der Waals surface area contributed by atoms with Gasteiger partial charge in [-0.15, -0.1) is 0 Å². The summed E-state index contributed by atoms with van der Waals surface area (Å²) in [5, 5.41) is 1.58. The maximum Gasteiger partial charge on any atom is 0.0845 e. The van der Waals surface area contributed by atoms with E-state index in [1.54, 1.807) is 10.8 Å². The summed E-state index contributed by atoms with van der Waals surface area (Å²) < 4.78 is 0. The molecule has 0 aromatic heterocycles. The Morgan fingerprint density at radius 1 is 0.760 bits per heavy atom. The zero-order valence-corrected chi connectivity index (χ0v) is 18.7. The van der Waals surface area contributed by atoms with Gasteiger partial charge in [-0.3, -0.25) is 0 Å². The molecule has 134 valence electrons. The van der Waals surface area contributed by atoms with Crippen molar-refractivity contribution >= 4 is 21.3 Å². The van der Waals surface area contributed by atoms with Crippen LogP contribution in [0.1, 0.15) is 12.0 Å². The molecule has 2 aromatic carbocycles. The van der Waals surface area contributed by atoms with Crippen LogP contribution in [0.4, 0.5) is 0 Å². The van der Waals surface area contributed by atoms with E-state index in [1.807, 2.05) is 0 Å². The maximum absolute atomic E-state index is 2.57. The van der Waals surface area contributed by atoms with Gasteiger partial charge in [-0.1, -0.05) is 110 Å². The van der Waals surface area contributed by atoms with Crippen molar-refractivity contribution in [2.75, 3.05) is 0 Å². The van der Waals surface area contributed by atoms with Crippen LogP contribution >= 0.6 is 0 Å². The maximum atomic E-state index is 2.57. The molecular formula is C23H34Si2. The molecule has 25 heavy (non-hydrogen) atoms. The van der Waals surface area contributed by atoms with E-state index in [0.717, 1.165) is 6.42 Å². The van der Waals surface area contributed by atoms with Gasteiger partial charge in [-0.25, -0.2) is 0 Å². The van der Waals surface area contributed by atoms with Crippen LogP contribution in [0.5, 0.6) is 0 Å². The van der Waals surface area contributed by atoms with Crippen LogP contribution < -0.4 is 5.19 Å². The van der Waals surface area contributed by atoms with Crippen LogP contribution in [-0.2, 0) is 6.42 Å². The van der Waals surface area contributed by atoms with E-state index >= 15 is 0 Å². The summed E-state index contributed by atoms with van der Waals surface area (Å²) >= 11 is 0. The Bertz CT molecular complexity index is 664. The molecule has 0 fully saturated rings. The smallest absolute Gasteiger partial charge is 0.0845 e. The molecular weight excluding hydrogens is 332 g/mol. The quantitative estimate of drug-likeness (QED) is 0.369. The number of hydrogen-bond acceptors (Lipinski definition) is 0. The lowest BCUT2D eigenvalue weighted by atomic mass is 10.1. The van der Waals surface area contributed by atoms with E-state index in [-0.39, 0.29) is 0 Å². The third kappa shape index (κ3) is 7.17. The fourth-order valence-corrected chi connectivity index (χ4v) is 8.12. The molecule has 0 aliphatic heterocycles. The fraction of sp³-hybridized carbons (Fsp3) is 0.391. The predicted octanol–water partition coefficient (Wildman–Crippen LogP) is 6.50. The summed E-state index contributed by atoms with van der Waals surface area (Å²) in [6.07, 6.45) is 4.90. The number of rotatable bonds is 8. The highest BCUT2D eigenvalue weighted by molar-refractivity contribution is 6.90. The van der Waals surface area contributed by atoms with Crippen LogP contribution in [0.15, 0.2) is 72.3 Å². The van der Waals surface area contributed by atoms with Crippen LogP contribution in [0.25, 0.3) is 0 Å². The topological polar surface area (TPSA) is 0 Å². The summed E-state index contributed by atoms with van der Waals surface area (Å²) in [5.74, 6) is 0. The highest BCUT2D eigenvalue weighted by Crippen LogP contribution is 2.26. The molecule has 0 amide bonds. The standard InChI is InChI=1S/C23H34Si2/c1-24(2,3)19-22(16-12-15-21-13-8-6-9-14-21)20-25(4,5)23-17-10-7-11-18-23/h6-11,13-14,16-18H,12,15,19-20H2,1-5H3/b22-16-. The van der Waals surface area contributed by atoms with Gasteiger partial charge in [0, 0.05) is 8.07 Å². The van der Waals surface area contributed by atoms with Gasteiger partial charge in [0.05, 0.1) is 8.07 Å². The third-order valence-electron chi connectivity index (χ3n) is 4.69. The molecule has 0 N–H and O–H groups in total. The average molecular weight is 367 g/mol. The van der Waals surface area contributed by atoms with Crippen LogP contribution in [0.3, 0.4) is 0 Å². The van der Waals surface area contributed by atoms with Gasteiger partial charge in [0.15, 0.2) is 0 Å². The van der Waals surface area contributed by atoms with Gasteiger partial charge in [0.1, 0.15) is 0 Å². The third-order valence-corrected chi connectivity index (χ3v) is 9.44. The first-order chi connectivity index (χ1) is 11.8. The Morgan fingerprint density at radius 2 is 1.32 bits per heavy atom. The summed E-state index contributed by atoms with van der Waals surface area (Å²) in [6.45, 7) is 12.5. The monoisotopic (exact) mass is 366 g/mol. The first-order valence-electron chi connectivity index (χ1n) is 9.54. The minimum atomic E-state index is -1.42. The lowest BCUT2D eigenvalue weighted by Crippen LogP contribution is -2.41. The Balaban J connectivity index is 2.11. The summed E-state index contributed by atoms with van der Waals surface area (Å²) in [7, 11) is -2.51. The zero-order chi connectivity index (χ0) is 18.3. The second-order valence-electron chi connectivity index (χ2n) is 9.05. The molecule has 0 unspecified atom stereocenters. The Morgan fingerprint density at radius 3 is 1.88 bits per heavy atom. The highest BCUT2D eigenvalue weighted by Gasteiger charge is 2.26. The molecule has 0 heterocycles. The summed E-state index contributed by atoms with van der Waals surface area (Å²) in [6, 6.07) is 24.7. The highest BCUT2D eigenvalue weighted by atomic mass is 28.3. The number of benzene rings is 2. The summed E-state index contributed by atoms with van der Waals surface area (Å²) in [4.78, 5) is 0. The first-order valence-corrected chi connectivity index (χ1v) is 16.5. The lowest BCUT2D eigenvalue weighted by molar-refractivity contribution is 0.985. The van der Waals surface area contributed by atoms with Crippen molar-refractivity contribution in [1.82, 2.24) is 0 Å². The van der Waals surface area contributed by atoms with Crippen molar-refractivity contribution < 1.29 is 0 Å². The van der Waals surface area contributed by atoms with E-state index in [9.17, 15) is 0 Å². The second-order valence-corrected chi connectivity index (χ2v) is 19.2. The Kier molecular flexibility index (Phi) is 7.03. The minimum absolute atomic E-state index is 1.10. The van der Waals surface area contributed by atoms with Crippen molar-refractivity contribution in [3.8, 4) is 0 Å². The van der Waals surface area contributed by atoms with E-state index in [4.69, 9.17) is 0 Å². The Hall–Kier alpha value is -1.39. The molecule has 0 saturated carbocycles. The molecule has 0 nitrogen and oxygen atoms in total. The van der Waals surface area contributed by atoms with E-state index < -0.39 is 16.1 Å². The molecule has 2 heteroatoms. The van der Waals surface area contributed by atoms with Gasteiger partial charge >= 0.3 is 0 Å². The fourth-order valence-electron chi connectivity index (χ4n) is 3.53. The van der Waals surface area contributed by atoms with E-state index in [1.165, 1.54) is 24.1 Å². The molecule has 2 rings (SSSR count). The molecule has 0 saturated heterocycles. The lowest BCUT2D eigenvalue weighted by Gasteiger charge is -2.27. The van der Waals surface area contributed by atoms with Gasteiger partial charge in [0.25, 0.3) is 0 Å². The molecule has 0 radical (unpaired) electrons. The SMILES string of the molecule is C[Si](C)(C)C/C(=C/CCc1ccccc1)C[Si](C)(C)c1ccccc1.